The lowest BCUT2D eigenvalue weighted by Crippen LogP contribution is -2.14. The van der Waals surface area contributed by atoms with E-state index in [4.69, 9.17) is 4.74 Å². The fourth-order valence-corrected chi connectivity index (χ4v) is 4.28. The maximum absolute atomic E-state index is 12.4. The second kappa shape index (κ2) is 6.43. The lowest BCUT2D eigenvalue weighted by molar-refractivity contribution is 0.415. The van der Waals surface area contributed by atoms with Crippen LogP contribution in [0.15, 0.2) is 64.9 Å². The van der Waals surface area contributed by atoms with Crippen LogP contribution in [0.2, 0.25) is 0 Å². The number of anilines is 1. The van der Waals surface area contributed by atoms with Gasteiger partial charge in [-0.25, -0.2) is 17.7 Å². The smallest absolute Gasteiger partial charge is 0.264 e. The zero-order chi connectivity index (χ0) is 18.1. The highest BCUT2D eigenvalue weighted by molar-refractivity contribution is 7.92. The van der Waals surface area contributed by atoms with E-state index in [0.717, 1.165) is 17.0 Å². The van der Waals surface area contributed by atoms with Crippen molar-refractivity contribution in [2.75, 3.05) is 11.8 Å². The summed E-state index contributed by atoms with van der Waals surface area (Å²) >= 11 is 1.38. The Morgan fingerprint density at radius 3 is 2.69 bits per heavy atom. The number of sulfonamides is 1. The minimum absolute atomic E-state index is 0.0323. The number of hydrogen-bond acceptors (Lipinski definition) is 6. The van der Waals surface area contributed by atoms with Gasteiger partial charge in [-0.3, -0.25) is 0 Å². The summed E-state index contributed by atoms with van der Waals surface area (Å²) in [6.45, 7) is 0. The van der Waals surface area contributed by atoms with E-state index >= 15 is 0 Å². The molecular formula is C17H14N4O3S2. The van der Waals surface area contributed by atoms with Gasteiger partial charge in [0, 0.05) is 10.9 Å². The molecule has 0 atom stereocenters. The van der Waals surface area contributed by atoms with Gasteiger partial charge < -0.3 is 4.74 Å². The summed E-state index contributed by atoms with van der Waals surface area (Å²) in [5.41, 5.74) is 1.71. The van der Waals surface area contributed by atoms with Crippen LogP contribution in [-0.2, 0) is 10.0 Å². The molecule has 2 heterocycles. The van der Waals surface area contributed by atoms with E-state index in [1.165, 1.54) is 23.5 Å². The molecule has 0 aliphatic rings. The number of nitrogens with zero attached hydrogens (tertiary/aromatic N) is 3. The van der Waals surface area contributed by atoms with Gasteiger partial charge in [0.25, 0.3) is 16.0 Å². The van der Waals surface area contributed by atoms with Crippen molar-refractivity contribution in [3.8, 4) is 17.0 Å². The summed E-state index contributed by atoms with van der Waals surface area (Å²) in [5, 5.41) is 6.22. The number of rotatable bonds is 5. The number of methoxy groups -OCH3 is 1. The molecule has 0 saturated heterocycles. The number of aromatic nitrogens is 3. The zero-order valence-corrected chi connectivity index (χ0v) is 15.3. The van der Waals surface area contributed by atoms with Crippen LogP contribution >= 0.6 is 11.3 Å². The van der Waals surface area contributed by atoms with Crippen LogP contribution in [0.3, 0.4) is 0 Å². The Bertz CT molecular complexity index is 1170. The third-order valence-corrected chi connectivity index (χ3v) is 5.89. The monoisotopic (exact) mass is 386 g/mol. The summed E-state index contributed by atoms with van der Waals surface area (Å²) in [7, 11) is -2.13. The molecule has 2 aromatic carbocycles. The van der Waals surface area contributed by atoms with Gasteiger partial charge in [-0.15, -0.1) is 16.4 Å². The van der Waals surface area contributed by atoms with Gasteiger partial charge in [-0.05, 0) is 24.3 Å². The Hall–Kier alpha value is -2.91. The van der Waals surface area contributed by atoms with Crippen LogP contribution in [0.5, 0.6) is 5.75 Å². The van der Waals surface area contributed by atoms with Crippen molar-refractivity contribution in [2.24, 2.45) is 0 Å². The van der Waals surface area contributed by atoms with E-state index in [0.29, 0.717) is 4.96 Å². The largest absolute Gasteiger partial charge is 0.497 e. The topological polar surface area (TPSA) is 85.6 Å². The highest BCUT2D eigenvalue weighted by Crippen LogP contribution is 2.28. The van der Waals surface area contributed by atoms with Crippen LogP contribution in [0.25, 0.3) is 16.2 Å². The van der Waals surface area contributed by atoms with Crippen molar-refractivity contribution >= 4 is 32.3 Å². The SMILES string of the molecule is COc1cccc(-c2csc3nc(NS(=O)(=O)c4ccccc4)nn23)c1. The van der Waals surface area contributed by atoms with Crippen molar-refractivity contribution in [2.45, 2.75) is 4.90 Å². The summed E-state index contributed by atoms with van der Waals surface area (Å²) in [6.07, 6.45) is 0. The quantitative estimate of drug-likeness (QED) is 0.569. The fourth-order valence-electron chi connectivity index (χ4n) is 2.48. The minimum Gasteiger partial charge on any atom is -0.497 e. The van der Waals surface area contributed by atoms with Gasteiger partial charge in [-0.1, -0.05) is 30.3 Å². The molecule has 4 aromatic rings. The highest BCUT2D eigenvalue weighted by atomic mass is 32.2. The Kier molecular flexibility index (Phi) is 4.09. The first-order valence-corrected chi connectivity index (χ1v) is 10.00. The predicted octanol–water partition coefficient (Wildman–Crippen LogP) is 3.27. The molecule has 0 saturated carbocycles. The van der Waals surface area contributed by atoms with Gasteiger partial charge in [0.1, 0.15) is 5.75 Å². The van der Waals surface area contributed by atoms with Crippen LogP contribution in [-0.4, -0.2) is 30.1 Å². The Morgan fingerprint density at radius 1 is 1.12 bits per heavy atom. The molecule has 1 N–H and O–H groups in total. The van der Waals surface area contributed by atoms with Crippen LogP contribution in [0, 0.1) is 0 Å². The van der Waals surface area contributed by atoms with Crippen molar-refractivity contribution in [3.63, 3.8) is 0 Å². The van der Waals surface area contributed by atoms with E-state index in [9.17, 15) is 8.42 Å². The average molecular weight is 386 g/mol. The van der Waals surface area contributed by atoms with Gasteiger partial charge in [-0.2, -0.15) is 4.98 Å². The second-order valence-corrected chi connectivity index (χ2v) is 7.92. The van der Waals surface area contributed by atoms with Crippen molar-refractivity contribution in [1.29, 1.82) is 0 Å². The molecule has 26 heavy (non-hydrogen) atoms. The molecular weight excluding hydrogens is 372 g/mol. The molecule has 2 aromatic heterocycles. The average Bonchev–Trinajstić information content (AvgIpc) is 3.22. The normalized spacial score (nSPS) is 11.6. The maximum atomic E-state index is 12.4. The van der Waals surface area contributed by atoms with Gasteiger partial charge in [0.15, 0.2) is 0 Å². The molecule has 0 amide bonds. The number of thiazole rings is 1. The molecule has 132 valence electrons. The third-order valence-electron chi connectivity index (χ3n) is 3.73. The number of hydrogen-bond donors (Lipinski definition) is 1. The standard InChI is InChI=1S/C17H14N4O3S2/c1-24-13-7-5-6-12(10-13)15-11-25-17-18-16(19-21(15)17)20-26(22,23)14-8-3-2-4-9-14/h2-11H,1H3,(H,19,20). The lowest BCUT2D eigenvalue weighted by Gasteiger charge is -2.04. The van der Waals surface area contributed by atoms with Gasteiger partial charge >= 0.3 is 0 Å². The molecule has 0 aliphatic carbocycles. The van der Waals surface area contributed by atoms with E-state index in [2.05, 4.69) is 14.8 Å². The van der Waals surface area contributed by atoms with E-state index in [1.54, 1.807) is 29.8 Å². The number of benzene rings is 2. The van der Waals surface area contributed by atoms with E-state index in [-0.39, 0.29) is 10.8 Å². The minimum atomic E-state index is -3.73. The number of fused-ring (bicyclic) bond motifs is 1. The fraction of sp³-hybridized carbons (Fsp3) is 0.0588. The van der Waals surface area contributed by atoms with Crippen LogP contribution in [0.4, 0.5) is 5.95 Å². The summed E-state index contributed by atoms with van der Waals surface area (Å²) < 4.78 is 34.1. The molecule has 0 fully saturated rings. The molecule has 0 unspecified atom stereocenters. The molecule has 0 spiro atoms. The first-order valence-electron chi connectivity index (χ1n) is 7.63. The Balaban J connectivity index is 1.70. The number of nitrogens with one attached hydrogen (secondary N) is 1. The molecule has 0 aliphatic heterocycles. The Morgan fingerprint density at radius 2 is 1.92 bits per heavy atom. The molecule has 7 nitrogen and oxygen atoms in total. The van der Waals surface area contributed by atoms with E-state index in [1.807, 2.05) is 29.6 Å². The van der Waals surface area contributed by atoms with Crippen molar-refractivity contribution < 1.29 is 13.2 Å². The van der Waals surface area contributed by atoms with Crippen LogP contribution < -0.4 is 9.46 Å². The maximum Gasteiger partial charge on any atom is 0.264 e. The third kappa shape index (κ3) is 3.02. The zero-order valence-electron chi connectivity index (χ0n) is 13.7. The first kappa shape index (κ1) is 16.6. The second-order valence-electron chi connectivity index (χ2n) is 5.40. The number of ether oxygens (including phenoxy) is 1. The van der Waals surface area contributed by atoms with Crippen molar-refractivity contribution in [3.05, 3.63) is 60.0 Å². The predicted molar refractivity (Wildman–Crippen MR) is 100 cm³/mol. The summed E-state index contributed by atoms with van der Waals surface area (Å²) in [5.74, 6) is 0.761. The van der Waals surface area contributed by atoms with Gasteiger partial charge in [0.2, 0.25) is 4.96 Å². The molecule has 4 rings (SSSR count). The van der Waals surface area contributed by atoms with Crippen molar-refractivity contribution in [1.82, 2.24) is 14.6 Å². The summed E-state index contributed by atoms with van der Waals surface area (Å²) in [6, 6.07) is 15.7. The lowest BCUT2D eigenvalue weighted by atomic mass is 10.2. The molecule has 0 bridgehead atoms. The highest BCUT2D eigenvalue weighted by Gasteiger charge is 2.18. The summed E-state index contributed by atoms with van der Waals surface area (Å²) in [4.78, 5) is 5.01. The van der Waals surface area contributed by atoms with Gasteiger partial charge in [0.05, 0.1) is 17.7 Å². The van der Waals surface area contributed by atoms with E-state index < -0.39 is 10.0 Å². The van der Waals surface area contributed by atoms with Crippen LogP contribution in [0.1, 0.15) is 0 Å². The first-order chi connectivity index (χ1) is 12.6. The molecule has 9 heteroatoms. The Labute approximate surface area is 154 Å². The molecule has 0 radical (unpaired) electrons.